The number of halogens is 1. The summed E-state index contributed by atoms with van der Waals surface area (Å²) < 4.78 is 26.3. The van der Waals surface area contributed by atoms with Gasteiger partial charge >= 0.3 is 0 Å². The molecule has 2 aromatic carbocycles. The average molecular weight is 606 g/mol. The van der Waals surface area contributed by atoms with Crippen LogP contribution in [0.3, 0.4) is 0 Å². The third-order valence-corrected chi connectivity index (χ3v) is 11.1. The number of aliphatic hydroxyl groups is 1. The summed E-state index contributed by atoms with van der Waals surface area (Å²) in [6.07, 6.45) is 6.30. The number of carbonyl (C=O) groups excluding carboxylic acids is 2. The van der Waals surface area contributed by atoms with Gasteiger partial charge in [-0.25, -0.2) is 4.39 Å². The lowest BCUT2D eigenvalue weighted by Crippen LogP contribution is -2.58. The molecule has 6 nitrogen and oxygen atoms in total. The number of benzene rings is 2. The maximum atomic E-state index is 13.4. The molecule has 0 amide bonds. The van der Waals surface area contributed by atoms with E-state index in [0.29, 0.717) is 31.2 Å². The lowest BCUT2D eigenvalue weighted by atomic mass is 9.46. The molecular formula is C35H40FNO5S. The molecule has 4 aliphatic rings. The van der Waals surface area contributed by atoms with E-state index in [1.807, 2.05) is 54.6 Å². The van der Waals surface area contributed by atoms with E-state index >= 15 is 0 Å². The molecule has 6 rings (SSSR count). The second-order valence-electron chi connectivity index (χ2n) is 13.2. The second kappa shape index (κ2) is 12.0. The highest BCUT2D eigenvalue weighted by molar-refractivity contribution is 8.13. The van der Waals surface area contributed by atoms with Crippen molar-refractivity contribution < 1.29 is 28.6 Å². The molecule has 3 fully saturated rings. The van der Waals surface area contributed by atoms with Crippen molar-refractivity contribution in [3.05, 3.63) is 89.0 Å². The summed E-state index contributed by atoms with van der Waals surface area (Å²) in [4.78, 5) is 25.5. The molecule has 1 aliphatic heterocycles. The Morgan fingerprint density at radius 2 is 1.95 bits per heavy atom. The van der Waals surface area contributed by atoms with Gasteiger partial charge in [0.2, 0.25) is 5.12 Å². The second-order valence-corrected chi connectivity index (χ2v) is 14.1. The monoisotopic (exact) mass is 605 g/mol. The van der Waals surface area contributed by atoms with Crippen molar-refractivity contribution in [1.82, 2.24) is 0 Å². The Morgan fingerprint density at radius 3 is 2.70 bits per heavy atom. The van der Waals surface area contributed by atoms with Crippen molar-refractivity contribution in [3.8, 4) is 0 Å². The van der Waals surface area contributed by atoms with E-state index in [1.165, 1.54) is 0 Å². The van der Waals surface area contributed by atoms with E-state index in [-0.39, 0.29) is 28.7 Å². The van der Waals surface area contributed by atoms with Crippen LogP contribution in [-0.2, 0) is 25.5 Å². The van der Waals surface area contributed by atoms with Crippen molar-refractivity contribution >= 4 is 28.3 Å². The van der Waals surface area contributed by atoms with Crippen LogP contribution in [0.15, 0.2) is 72.3 Å². The predicted octanol–water partition coefficient (Wildman–Crippen LogP) is 6.34. The molecule has 1 heterocycles. The molecule has 2 saturated carbocycles. The van der Waals surface area contributed by atoms with Crippen molar-refractivity contribution in [3.63, 3.8) is 0 Å². The first kappa shape index (κ1) is 30.3. The number of thioether (sulfide) groups is 1. The number of nitrogen functional groups attached to an aromatic ring is 1. The average Bonchev–Trinajstić information content (AvgIpc) is 2.96. The van der Waals surface area contributed by atoms with Crippen LogP contribution >= 0.6 is 11.8 Å². The van der Waals surface area contributed by atoms with Gasteiger partial charge in [-0.2, -0.15) is 0 Å². The highest BCUT2D eigenvalue weighted by Gasteiger charge is 2.59. The van der Waals surface area contributed by atoms with Crippen molar-refractivity contribution in [2.45, 2.75) is 64.4 Å². The topological polar surface area (TPSA) is 98.9 Å². The number of aliphatic hydroxyl groups excluding tert-OH is 1. The first-order valence-corrected chi connectivity index (χ1v) is 16.1. The number of carbonyl (C=O) groups is 2. The molecule has 1 saturated heterocycles. The summed E-state index contributed by atoms with van der Waals surface area (Å²) in [6, 6.07) is 14.9. The molecule has 3 aliphatic carbocycles. The zero-order valence-electron chi connectivity index (χ0n) is 24.7. The molecule has 8 atom stereocenters. The van der Waals surface area contributed by atoms with E-state index in [1.54, 1.807) is 12.2 Å². The fourth-order valence-corrected chi connectivity index (χ4v) is 8.78. The molecule has 228 valence electrons. The summed E-state index contributed by atoms with van der Waals surface area (Å²) >= 11 is 0.638. The van der Waals surface area contributed by atoms with Gasteiger partial charge in [0.1, 0.15) is 12.1 Å². The Balaban J connectivity index is 1.27. The third kappa shape index (κ3) is 5.87. The Labute approximate surface area is 256 Å². The first-order valence-electron chi connectivity index (χ1n) is 15.1. The number of alkyl halides is 1. The van der Waals surface area contributed by atoms with Crippen LogP contribution in [0, 0.1) is 28.6 Å². The summed E-state index contributed by atoms with van der Waals surface area (Å²) in [5, 5.41) is 11.3. The lowest BCUT2D eigenvalue weighted by Gasteiger charge is -2.60. The number of anilines is 1. The van der Waals surface area contributed by atoms with E-state index in [0.717, 1.165) is 47.2 Å². The molecule has 0 aromatic heterocycles. The van der Waals surface area contributed by atoms with Gasteiger partial charge in [0, 0.05) is 22.6 Å². The molecule has 0 spiro atoms. The van der Waals surface area contributed by atoms with Crippen molar-refractivity contribution in [1.29, 1.82) is 0 Å². The van der Waals surface area contributed by atoms with Crippen LogP contribution in [0.4, 0.5) is 10.1 Å². The summed E-state index contributed by atoms with van der Waals surface area (Å²) in [6.45, 7) is 4.62. The summed E-state index contributed by atoms with van der Waals surface area (Å²) in [5.41, 5.74) is 9.90. The number of ketones is 1. The number of hydrogen-bond donors (Lipinski definition) is 2. The largest absolute Gasteiger partial charge is 0.399 e. The number of ether oxygens (including phenoxy) is 2. The maximum Gasteiger partial charge on any atom is 0.220 e. The molecule has 1 unspecified atom stereocenters. The van der Waals surface area contributed by atoms with E-state index in [4.69, 9.17) is 15.2 Å². The Bertz CT molecular complexity index is 1440. The minimum Gasteiger partial charge on any atom is -0.399 e. The molecule has 0 bridgehead atoms. The van der Waals surface area contributed by atoms with Gasteiger partial charge in [0.25, 0.3) is 0 Å². The third-order valence-electron chi connectivity index (χ3n) is 10.4. The van der Waals surface area contributed by atoms with Gasteiger partial charge in [-0.3, -0.25) is 9.59 Å². The fourth-order valence-electron chi connectivity index (χ4n) is 8.33. The van der Waals surface area contributed by atoms with Gasteiger partial charge in [0.05, 0.1) is 12.7 Å². The molecule has 43 heavy (non-hydrogen) atoms. The quantitative estimate of drug-likeness (QED) is 0.384. The highest BCUT2D eigenvalue weighted by atomic mass is 32.2. The smallest absolute Gasteiger partial charge is 0.220 e. The standard InChI is InChI=1S/C35H40FNO5S/c1-34-18-29(39)31-27(11-10-24-16-26(38)12-13-35(24,31)2)28(34)17-30(32(40)43-20-36)42-33(41-19-34)23-8-6-21(7-9-23)14-22-4-3-5-25(37)15-22/h3-9,12-13,15-16,27-31,33,39H,10-11,14,17-20,37H2,1-2H3/t27-,28-,29-,30?,31+,33-,34+,35-/m0/s1. The van der Waals surface area contributed by atoms with Crippen LogP contribution in [-0.4, -0.2) is 40.8 Å². The number of fused-ring (bicyclic) bond motifs is 5. The van der Waals surface area contributed by atoms with Gasteiger partial charge in [-0.1, -0.05) is 73.7 Å². The SMILES string of the molecule is C[C@@]12CO[C@H](c3ccc(Cc4cccc(N)c4)cc3)OC(C(=O)SCF)C[C@H]1[C@@H]1CCC3=CC(=O)C=C[C@]3(C)[C@H]1[C@@H](O)C2. The molecular weight excluding hydrogens is 565 g/mol. The van der Waals surface area contributed by atoms with Crippen molar-refractivity contribution in [2.75, 3.05) is 18.3 Å². The van der Waals surface area contributed by atoms with Crippen LogP contribution in [0.5, 0.6) is 0 Å². The number of rotatable bonds is 5. The zero-order valence-corrected chi connectivity index (χ0v) is 25.5. The number of nitrogens with two attached hydrogens (primary N) is 1. The van der Waals surface area contributed by atoms with E-state index in [9.17, 15) is 19.1 Å². The molecule has 0 radical (unpaired) electrons. The molecule has 2 aromatic rings. The van der Waals surface area contributed by atoms with Gasteiger partial charge in [0.15, 0.2) is 12.1 Å². The van der Waals surface area contributed by atoms with Crippen LogP contribution in [0.1, 0.15) is 62.5 Å². The maximum absolute atomic E-state index is 13.4. The van der Waals surface area contributed by atoms with E-state index in [2.05, 4.69) is 13.8 Å². The zero-order chi connectivity index (χ0) is 30.4. The molecule has 8 heteroatoms. The predicted molar refractivity (Wildman–Crippen MR) is 166 cm³/mol. The fraction of sp³-hybridized carbons (Fsp3) is 0.486. The van der Waals surface area contributed by atoms with E-state index < -0.39 is 35.3 Å². The normalized spacial score (nSPS) is 35.5. The number of allylic oxidation sites excluding steroid dienone is 4. The minimum atomic E-state index is -0.855. The van der Waals surface area contributed by atoms with Crippen LogP contribution in [0.25, 0.3) is 0 Å². The Kier molecular flexibility index (Phi) is 8.41. The van der Waals surface area contributed by atoms with Crippen molar-refractivity contribution in [2.24, 2.45) is 28.6 Å². The van der Waals surface area contributed by atoms with Gasteiger partial charge in [-0.15, -0.1) is 0 Å². The molecule has 3 N–H and O–H groups in total. The summed E-state index contributed by atoms with van der Waals surface area (Å²) in [5.74, 6) is 0.00406. The van der Waals surface area contributed by atoms with Gasteiger partial charge in [-0.05, 0) is 84.8 Å². The number of hydrogen-bond acceptors (Lipinski definition) is 7. The minimum absolute atomic E-state index is 0.00781. The highest BCUT2D eigenvalue weighted by Crippen LogP contribution is 2.62. The lowest BCUT2D eigenvalue weighted by molar-refractivity contribution is -0.238. The van der Waals surface area contributed by atoms with Gasteiger partial charge < -0.3 is 20.3 Å². The first-order chi connectivity index (χ1) is 20.6. The Morgan fingerprint density at radius 1 is 1.16 bits per heavy atom. The van der Waals surface area contributed by atoms with Crippen LogP contribution in [0.2, 0.25) is 0 Å². The Hall–Kier alpha value is -2.78. The van der Waals surface area contributed by atoms with Crippen LogP contribution < -0.4 is 5.73 Å². The summed E-state index contributed by atoms with van der Waals surface area (Å²) in [7, 11) is 0.